The van der Waals surface area contributed by atoms with Crippen LogP contribution in [0.4, 0.5) is 4.48 Å². The van der Waals surface area contributed by atoms with Crippen LogP contribution < -0.4 is 9.47 Å². The van der Waals surface area contributed by atoms with E-state index >= 15 is 0 Å². The van der Waals surface area contributed by atoms with Gasteiger partial charge in [-0.1, -0.05) is 31.4 Å². The summed E-state index contributed by atoms with van der Waals surface area (Å²) in [4.78, 5) is 0.207. The van der Waals surface area contributed by atoms with Crippen LogP contribution in [0.15, 0.2) is 35.1 Å². The van der Waals surface area contributed by atoms with Gasteiger partial charge in [0.1, 0.15) is 18.6 Å². The summed E-state index contributed by atoms with van der Waals surface area (Å²) in [6, 6.07) is 5.56. The minimum absolute atomic E-state index is 0.207. The first-order chi connectivity index (χ1) is 8.19. The van der Waals surface area contributed by atoms with Crippen molar-refractivity contribution in [1.82, 2.24) is 10.0 Å². The molecule has 0 amide bonds. The number of hydrogen-bond acceptors (Lipinski definition) is 3. The van der Waals surface area contributed by atoms with Crippen LogP contribution in [0.3, 0.4) is 0 Å². The molecule has 1 heterocycles. The van der Waals surface area contributed by atoms with Crippen molar-refractivity contribution in [3.8, 4) is 11.5 Å². The molecule has 0 spiro atoms. The molecule has 0 radical (unpaired) electrons. The SMILES string of the molecule is COc1ccc(COc2cnn(F)c2)c(Br)c1. The fraction of sp³-hybridized carbons (Fsp3) is 0.182. The lowest BCUT2D eigenvalue weighted by Gasteiger charge is -2.07. The van der Waals surface area contributed by atoms with Gasteiger partial charge in [0.15, 0.2) is 5.75 Å². The van der Waals surface area contributed by atoms with Crippen LogP contribution in [-0.4, -0.2) is 17.1 Å². The molecule has 0 aliphatic carbocycles. The Morgan fingerprint density at radius 1 is 1.41 bits per heavy atom. The zero-order valence-corrected chi connectivity index (χ0v) is 10.6. The normalized spacial score (nSPS) is 10.3. The number of hydrogen-bond donors (Lipinski definition) is 0. The molecule has 6 heteroatoms. The van der Waals surface area contributed by atoms with Crippen molar-refractivity contribution in [2.45, 2.75) is 6.61 Å². The summed E-state index contributed by atoms with van der Waals surface area (Å²) in [5.41, 5.74) is 0.942. The summed E-state index contributed by atoms with van der Waals surface area (Å²) >= 11 is 3.41. The highest BCUT2D eigenvalue weighted by Gasteiger charge is 2.04. The van der Waals surface area contributed by atoms with Gasteiger partial charge in [0.05, 0.1) is 13.3 Å². The fourth-order valence-electron chi connectivity index (χ4n) is 1.29. The second kappa shape index (κ2) is 5.18. The molecule has 0 aliphatic heterocycles. The summed E-state index contributed by atoms with van der Waals surface area (Å²) in [6.07, 6.45) is 2.48. The van der Waals surface area contributed by atoms with Gasteiger partial charge in [-0.3, -0.25) is 0 Å². The zero-order chi connectivity index (χ0) is 12.3. The number of halogens is 2. The predicted octanol–water partition coefficient (Wildman–Crippen LogP) is 2.97. The predicted molar refractivity (Wildman–Crippen MR) is 63.8 cm³/mol. The number of methoxy groups -OCH3 is 1. The molecule has 0 aliphatic rings. The van der Waals surface area contributed by atoms with E-state index < -0.39 is 0 Å². The molecule has 1 aromatic carbocycles. The summed E-state index contributed by atoms with van der Waals surface area (Å²) in [5.74, 6) is 1.15. The van der Waals surface area contributed by atoms with Crippen molar-refractivity contribution in [2.24, 2.45) is 0 Å². The first-order valence-electron chi connectivity index (χ1n) is 4.85. The summed E-state index contributed by atoms with van der Waals surface area (Å²) in [6.45, 7) is 0.330. The van der Waals surface area contributed by atoms with Gasteiger partial charge >= 0.3 is 0 Å². The molecule has 4 nitrogen and oxygen atoms in total. The Bertz CT molecular complexity index is 516. The largest absolute Gasteiger partial charge is 0.497 e. The van der Waals surface area contributed by atoms with E-state index in [1.807, 2.05) is 18.2 Å². The van der Waals surface area contributed by atoms with Gasteiger partial charge < -0.3 is 9.47 Å². The highest BCUT2D eigenvalue weighted by atomic mass is 79.9. The van der Waals surface area contributed by atoms with E-state index in [4.69, 9.17) is 9.47 Å². The van der Waals surface area contributed by atoms with E-state index in [0.717, 1.165) is 22.0 Å². The maximum Gasteiger partial charge on any atom is 0.160 e. The number of ether oxygens (including phenoxy) is 2. The van der Waals surface area contributed by atoms with E-state index in [1.54, 1.807) is 7.11 Å². The Balaban J connectivity index is 2.04. The minimum Gasteiger partial charge on any atom is -0.497 e. The Morgan fingerprint density at radius 3 is 2.82 bits per heavy atom. The molecule has 0 saturated carbocycles. The van der Waals surface area contributed by atoms with Crippen LogP contribution in [0.25, 0.3) is 0 Å². The van der Waals surface area contributed by atoms with E-state index in [0.29, 0.717) is 12.4 Å². The second-order valence-electron chi connectivity index (χ2n) is 3.31. The lowest BCUT2D eigenvalue weighted by Crippen LogP contribution is -1.96. The topological polar surface area (TPSA) is 36.3 Å². The monoisotopic (exact) mass is 300 g/mol. The van der Waals surface area contributed by atoms with Crippen molar-refractivity contribution in [3.05, 3.63) is 40.6 Å². The van der Waals surface area contributed by atoms with Crippen molar-refractivity contribution in [2.75, 3.05) is 7.11 Å². The van der Waals surface area contributed by atoms with Crippen molar-refractivity contribution >= 4 is 15.9 Å². The fourth-order valence-corrected chi connectivity index (χ4v) is 1.76. The van der Waals surface area contributed by atoms with Crippen LogP contribution in [0.2, 0.25) is 0 Å². The lowest BCUT2D eigenvalue weighted by atomic mass is 10.2. The number of rotatable bonds is 4. The van der Waals surface area contributed by atoms with Crippen molar-refractivity contribution in [1.29, 1.82) is 0 Å². The molecule has 0 bridgehead atoms. The van der Waals surface area contributed by atoms with E-state index in [2.05, 4.69) is 21.0 Å². The average molecular weight is 301 g/mol. The van der Waals surface area contributed by atoms with Crippen molar-refractivity contribution < 1.29 is 14.0 Å². The van der Waals surface area contributed by atoms with Crippen LogP contribution in [-0.2, 0) is 6.61 Å². The Labute approximate surface area is 106 Å². The maximum atomic E-state index is 12.5. The number of benzene rings is 1. The summed E-state index contributed by atoms with van der Waals surface area (Å²) in [5, 5.41) is 3.37. The third kappa shape index (κ3) is 2.97. The number of nitrogens with zero attached hydrogens (tertiary/aromatic N) is 2. The molecule has 2 rings (SSSR count). The summed E-state index contributed by atoms with van der Waals surface area (Å²) < 4.78 is 23.9. The van der Waals surface area contributed by atoms with Crippen LogP contribution in [0, 0.1) is 0 Å². The zero-order valence-electron chi connectivity index (χ0n) is 9.06. The molecule has 0 unspecified atom stereocenters. The molecule has 2 aromatic rings. The quantitative estimate of drug-likeness (QED) is 0.871. The Hall–Kier alpha value is -1.56. The van der Waals surface area contributed by atoms with Crippen LogP contribution >= 0.6 is 15.9 Å². The minimum atomic E-state index is 0.207. The molecule has 0 fully saturated rings. The standard InChI is InChI=1S/C11H10BrFN2O2/c1-16-9-3-2-8(11(12)4-9)7-17-10-5-14-15(13)6-10/h2-6H,7H2,1H3. The van der Waals surface area contributed by atoms with Gasteiger partial charge in [0.25, 0.3) is 0 Å². The maximum absolute atomic E-state index is 12.5. The average Bonchev–Trinajstić information content (AvgIpc) is 2.73. The van der Waals surface area contributed by atoms with E-state index in [1.165, 1.54) is 6.20 Å². The lowest BCUT2D eigenvalue weighted by molar-refractivity contribution is 0.293. The van der Waals surface area contributed by atoms with E-state index in [-0.39, 0.29) is 4.90 Å². The third-order valence-electron chi connectivity index (χ3n) is 2.18. The first-order valence-corrected chi connectivity index (χ1v) is 5.64. The highest BCUT2D eigenvalue weighted by molar-refractivity contribution is 9.10. The van der Waals surface area contributed by atoms with Gasteiger partial charge in [-0.25, -0.2) is 0 Å². The molecular formula is C11H10BrFN2O2. The van der Waals surface area contributed by atoms with E-state index in [9.17, 15) is 4.48 Å². The van der Waals surface area contributed by atoms with Gasteiger partial charge in [0, 0.05) is 10.0 Å². The number of aromatic nitrogens is 2. The molecule has 0 saturated heterocycles. The molecule has 1 aromatic heterocycles. The van der Waals surface area contributed by atoms with Crippen molar-refractivity contribution in [3.63, 3.8) is 0 Å². The molecule has 0 N–H and O–H groups in total. The third-order valence-corrected chi connectivity index (χ3v) is 2.92. The highest BCUT2D eigenvalue weighted by Crippen LogP contribution is 2.24. The second-order valence-corrected chi connectivity index (χ2v) is 4.17. The molecule has 90 valence electrons. The first kappa shape index (κ1) is 11.9. The molecule has 0 atom stereocenters. The molecule has 17 heavy (non-hydrogen) atoms. The Kier molecular flexibility index (Phi) is 3.63. The Morgan fingerprint density at radius 2 is 2.24 bits per heavy atom. The van der Waals surface area contributed by atoms with Gasteiger partial charge in [-0.15, -0.1) is 5.10 Å². The smallest absolute Gasteiger partial charge is 0.160 e. The molecular weight excluding hydrogens is 291 g/mol. The summed E-state index contributed by atoms with van der Waals surface area (Å²) in [7, 11) is 1.60. The van der Waals surface area contributed by atoms with Crippen LogP contribution in [0.5, 0.6) is 11.5 Å². The van der Waals surface area contributed by atoms with Gasteiger partial charge in [0.2, 0.25) is 0 Å². The van der Waals surface area contributed by atoms with Gasteiger partial charge in [-0.2, -0.15) is 0 Å². The van der Waals surface area contributed by atoms with Crippen LogP contribution in [0.1, 0.15) is 5.56 Å². The van der Waals surface area contributed by atoms with Gasteiger partial charge in [-0.05, 0) is 12.1 Å².